The fraction of sp³-hybridized carbons (Fsp3) is 0.625. The molecule has 2 rings (SSSR count). The maximum Gasteiger partial charge on any atom is 0.254 e. The van der Waals surface area contributed by atoms with Gasteiger partial charge in [0.25, 0.3) is 5.91 Å². The number of hydrogen-bond donors (Lipinski definition) is 1. The monoisotopic (exact) mass is 310 g/mol. The molecule has 0 radical (unpaired) electrons. The maximum atomic E-state index is 12.6. The van der Waals surface area contributed by atoms with E-state index in [0.29, 0.717) is 30.2 Å². The lowest BCUT2D eigenvalue weighted by molar-refractivity contribution is 0.0297. The van der Waals surface area contributed by atoms with E-state index in [1.165, 1.54) is 0 Å². The van der Waals surface area contributed by atoms with Gasteiger partial charge < -0.3 is 10.0 Å². The van der Waals surface area contributed by atoms with E-state index < -0.39 is 0 Å². The van der Waals surface area contributed by atoms with Gasteiger partial charge in [-0.25, -0.2) is 4.98 Å². The van der Waals surface area contributed by atoms with Crippen LogP contribution >= 0.6 is 11.6 Å². The highest BCUT2D eigenvalue weighted by Crippen LogP contribution is 2.25. The van der Waals surface area contributed by atoms with Crippen LogP contribution in [0.4, 0.5) is 0 Å². The van der Waals surface area contributed by atoms with Crippen LogP contribution in [0, 0.1) is 5.92 Å². The standard InChI is InChI=1S/C16H23ClN2O2/c1-10-9-19(6-5-12(10)20)15(21)11-7-13(16(2,3)4)18-14(17)8-11/h7-8,10,12,20H,5-6,9H2,1-4H3. The highest BCUT2D eigenvalue weighted by molar-refractivity contribution is 6.29. The van der Waals surface area contributed by atoms with Crippen molar-refractivity contribution in [2.75, 3.05) is 13.1 Å². The van der Waals surface area contributed by atoms with Crippen LogP contribution in [0.15, 0.2) is 12.1 Å². The van der Waals surface area contributed by atoms with Crippen molar-refractivity contribution in [3.8, 4) is 0 Å². The van der Waals surface area contributed by atoms with Gasteiger partial charge in [0.15, 0.2) is 0 Å². The molecule has 5 heteroatoms. The Morgan fingerprint density at radius 2 is 2.10 bits per heavy atom. The number of aliphatic hydroxyl groups is 1. The zero-order valence-electron chi connectivity index (χ0n) is 13.1. The number of amides is 1. The third-order valence-corrected chi connectivity index (χ3v) is 4.15. The summed E-state index contributed by atoms with van der Waals surface area (Å²) in [4.78, 5) is 18.7. The Labute approximate surface area is 131 Å². The third-order valence-electron chi connectivity index (χ3n) is 3.96. The van der Waals surface area contributed by atoms with Gasteiger partial charge in [-0.15, -0.1) is 0 Å². The molecule has 1 N–H and O–H groups in total. The Balaban J connectivity index is 2.25. The zero-order chi connectivity index (χ0) is 15.8. The van der Waals surface area contributed by atoms with Crippen LogP contribution in [0.25, 0.3) is 0 Å². The molecule has 116 valence electrons. The number of carbonyl (C=O) groups is 1. The number of aliphatic hydroxyl groups excluding tert-OH is 1. The average Bonchev–Trinajstić information content (AvgIpc) is 2.39. The van der Waals surface area contributed by atoms with Crippen molar-refractivity contribution < 1.29 is 9.90 Å². The van der Waals surface area contributed by atoms with Crippen LogP contribution in [0.2, 0.25) is 5.15 Å². The summed E-state index contributed by atoms with van der Waals surface area (Å²) >= 11 is 6.07. The van der Waals surface area contributed by atoms with Crippen LogP contribution in [-0.4, -0.2) is 40.1 Å². The van der Waals surface area contributed by atoms with Crippen LogP contribution in [0.3, 0.4) is 0 Å². The smallest absolute Gasteiger partial charge is 0.254 e. The van der Waals surface area contributed by atoms with E-state index >= 15 is 0 Å². The molecular weight excluding hydrogens is 288 g/mol. The summed E-state index contributed by atoms with van der Waals surface area (Å²) in [7, 11) is 0. The number of halogens is 1. The quantitative estimate of drug-likeness (QED) is 0.812. The van der Waals surface area contributed by atoms with E-state index in [1.54, 1.807) is 11.0 Å². The van der Waals surface area contributed by atoms with E-state index in [4.69, 9.17) is 11.6 Å². The van der Waals surface area contributed by atoms with E-state index in [1.807, 2.05) is 33.8 Å². The summed E-state index contributed by atoms with van der Waals surface area (Å²) < 4.78 is 0. The van der Waals surface area contributed by atoms with Crippen molar-refractivity contribution in [3.05, 3.63) is 28.5 Å². The molecular formula is C16H23ClN2O2. The lowest BCUT2D eigenvalue weighted by Gasteiger charge is -2.34. The van der Waals surface area contributed by atoms with Crippen LogP contribution < -0.4 is 0 Å². The van der Waals surface area contributed by atoms with Crippen molar-refractivity contribution >= 4 is 17.5 Å². The first-order chi connectivity index (χ1) is 9.68. The Bertz CT molecular complexity index is 540. The topological polar surface area (TPSA) is 53.4 Å². The average molecular weight is 311 g/mol. The van der Waals surface area contributed by atoms with Gasteiger partial charge in [-0.05, 0) is 24.5 Å². The summed E-state index contributed by atoms with van der Waals surface area (Å²) in [6, 6.07) is 3.44. The number of aromatic nitrogens is 1. The maximum absolute atomic E-state index is 12.6. The molecule has 1 aliphatic heterocycles. The SMILES string of the molecule is CC1CN(C(=O)c2cc(Cl)nc(C(C)(C)C)c2)CCC1O. The zero-order valence-corrected chi connectivity index (χ0v) is 13.8. The number of rotatable bonds is 1. The highest BCUT2D eigenvalue weighted by atomic mass is 35.5. The molecule has 2 atom stereocenters. The van der Waals surface area contributed by atoms with Crippen LogP contribution in [-0.2, 0) is 5.41 Å². The minimum atomic E-state index is -0.319. The van der Waals surface area contributed by atoms with Gasteiger partial charge in [0, 0.05) is 29.8 Å². The van der Waals surface area contributed by atoms with Crippen molar-refractivity contribution in [2.45, 2.75) is 45.6 Å². The minimum Gasteiger partial charge on any atom is -0.393 e. The molecule has 0 saturated carbocycles. The molecule has 2 heterocycles. The minimum absolute atomic E-state index is 0.0384. The predicted molar refractivity (Wildman–Crippen MR) is 83.6 cm³/mol. The number of hydrogen-bond acceptors (Lipinski definition) is 3. The van der Waals surface area contributed by atoms with E-state index in [9.17, 15) is 9.90 Å². The third kappa shape index (κ3) is 3.74. The Morgan fingerprint density at radius 1 is 1.43 bits per heavy atom. The van der Waals surface area contributed by atoms with Gasteiger partial charge in [-0.1, -0.05) is 39.3 Å². The molecule has 1 amide bonds. The number of pyridine rings is 1. The normalized spacial score (nSPS) is 23.2. The fourth-order valence-electron chi connectivity index (χ4n) is 2.50. The van der Waals surface area contributed by atoms with Gasteiger partial charge in [0.1, 0.15) is 5.15 Å². The van der Waals surface area contributed by atoms with Crippen molar-refractivity contribution in [1.29, 1.82) is 0 Å². The number of carbonyl (C=O) groups excluding carboxylic acids is 1. The van der Waals surface area contributed by atoms with Gasteiger partial charge >= 0.3 is 0 Å². The summed E-state index contributed by atoms with van der Waals surface area (Å²) in [6.45, 7) is 9.24. The van der Waals surface area contributed by atoms with Crippen molar-refractivity contribution in [1.82, 2.24) is 9.88 Å². The van der Waals surface area contributed by atoms with Gasteiger partial charge in [-0.3, -0.25) is 4.79 Å². The molecule has 0 aliphatic carbocycles. The molecule has 1 aromatic rings. The van der Waals surface area contributed by atoms with Crippen LogP contribution in [0.5, 0.6) is 0 Å². The number of nitrogens with zero attached hydrogens (tertiary/aromatic N) is 2. The molecule has 1 aliphatic rings. The second-order valence-electron chi connectivity index (χ2n) is 6.90. The Morgan fingerprint density at radius 3 is 2.67 bits per heavy atom. The lowest BCUT2D eigenvalue weighted by Crippen LogP contribution is -2.45. The van der Waals surface area contributed by atoms with Gasteiger partial charge in [0.2, 0.25) is 0 Å². The first-order valence-electron chi connectivity index (χ1n) is 7.34. The van der Waals surface area contributed by atoms with E-state index in [0.717, 1.165) is 5.69 Å². The first kappa shape index (κ1) is 16.2. The van der Waals surface area contributed by atoms with Crippen molar-refractivity contribution in [3.63, 3.8) is 0 Å². The molecule has 1 fully saturated rings. The summed E-state index contributed by atoms with van der Waals surface area (Å²) in [5.41, 5.74) is 1.22. The van der Waals surface area contributed by atoms with E-state index in [2.05, 4.69) is 4.98 Å². The second-order valence-corrected chi connectivity index (χ2v) is 7.29. The second kappa shape index (κ2) is 5.93. The first-order valence-corrected chi connectivity index (χ1v) is 7.71. The number of piperidine rings is 1. The molecule has 1 saturated heterocycles. The molecule has 0 aromatic carbocycles. The fourth-order valence-corrected chi connectivity index (χ4v) is 2.71. The Hall–Kier alpha value is -1.13. The molecule has 2 unspecified atom stereocenters. The number of likely N-dealkylation sites (tertiary alicyclic amines) is 1. The summed E-state index contributed by atoms with van der Waals surface area (Å²) in [5, 5.41) is 10.1. The molecule has 1 aromatic heterocycles. The molecule has 21 heavy (non-hydrogen) atoms. The van der Waals surface area contributed by atoms with Crippen molar-refractivity contribution in [2.24, 2.45) is 5.92 Å². The van der Waals surface area contributed by atoms with Gasteiger partial charge in [-0.2, -0.15) is 0 Å². The predicted octanol–water partition coefficient (Wildman–Crippen LogP) is 2.88. The van der Waals surface area contributed by atoms with Crippen LogP contribution in [0.1, 0.15) is 50.2 Å². The molecule has 4 nitrogen and oxygen atoms in total. The lowest BCUT2D eigenvalue weighted by atomic mass is 9.90. The summed E-state index contributed by atoms with van der Waals surface area (Å²) in [6.07, 6.45) is 0.304. The Kier molecular flexibility index (Phi) is 4.59. The largest absolute Gasteiger partial charge is 0.393 e. The highest BCUT2D eigenvalue weighted by Gasteiger charge is 2.28. The summed E-state index contributed by atoms with van der Waals surface area (Å²) in [5.74, 6) is 0.0608. The van der Waals surface area contributed by atoms with Gasteiger partial charge in [0.05, 0.1) is 6.10 Å². The molecule has 0 bridgehead atoms. The van der Waals surface area contributed by atoms with E-state index in [-0.39, 0.29) is 23.3 Å². The molecule has 0 spiro atoms.